The van der Waals surface area contributed by atoms with E-state index in [9.17, 15) is 22.8 Å². The van der Waals surface area contributed by atoms with Gasteiger partial charge in [0.2, 0.25) is 17.8 Å². The Morgan fingerprint density at radius 1 is 1.32 bits per heavy atom. The van der Waals surface area contributed by atoms with E-state index in [4.69, 9.17) is 5.11 Å². The number of aliphatic hydroxyl groups is 1. The van der Waals surface area contributed by atoms with E-state index in [0.29, 0.717) is 25.6 Å². The average molecular weight is 478 g/mol. The Balaban J connectivity index is 1.90. The molecule has 0 bridgehead atoms. The molecule has 2 heterocycles. The summed E-state index contributed by atoms with van der Waals surface area (Å²) in [6, 6.07) is 4.54. The van der Waals surface area contributed by atoms with Gasteiger partial charge in [-0.05, 0) is 43.5 Å². The zero-order valence-electron chi connectivity index (χ0n) is 18.4. The van der Waals surface area contributed by atoms with E-state index < -0.39 is 36.0 Å². The molecule has 9 nitrogen and oxygen atoms in total. The summed E-state index contributed by atoms with van der Waals surface area (Å²) in [5.41, 5.74) is 0.127. The van der Waals surface area contributed by atoms with Gasteiger partial charge >= 0.3 is 6.18 Å². The number of hydrogen-bond acceptors (Lipinski definition) is 7. The molecule has 0 unspecified atom stereocenters. The number of rotatable bonds is 7. The fourth-order valence-corrected chi connectivity index (χ4v) is 3.54. The molecule has 4 N–H and O–H groups in total. The highest BCUT2D eigenvalue weighted by Crippen LogP contribution is 2.36. The van der Waals surface area contributed by atoms with E-state index in [1.54, 1.807) is 25.1 Å². The van der Waals surface area contributed by atoms with E-state index in [0.717, 1.165) is 11.6 Å². The Bertz CT molecular complexity index is 1080. The quantitative estimate of drug-likeness (QED) is 0.452. The number of alkyl halides is 3. The molecule has 0 saturated carbocycles. The Morgan fingerprint density at radius 2 is 2.09 bits per heavy atom. The molecule has 1 atom stereocenters. The summed E-state index contributed by atoms with van der Waals surface area (Å²) in [5, 5.41) is 17.3. The zero-order valence-corrected chi connectivity index (χ0v) is 18.4. The number of halogens is 3. The lowest BCUT2D eigenvalue weighted by atomic mass is 10.1. The topological polar surface area (TPSA) is 119 Å². The summed E-state index contributed by atoms with van der Waals surface area (Å²) in [5.74, 6) is -1.49. The number of hydrogen-bond donors (Lipinski definition) is 4. The van der Waals surface area contributed by atoms with Gasteiger partial charge in [0, 0.05) is 25.3 Å². The minimum absolute atomic E-state index is 0.0527. The summed E-state index contributed by atoms with van der Waals surface area (Å²) in [7, 11) is 0. The lowest BCUT2D eigenvalue weighted by Gasteiger charge is -2.32. The molecule has 1 aliphatic rings. The lowest BCUT2D eigenvalue weighted by molar-refractivity contribution is -0.137. The number of nitrogens with one attached hydrogen (secondary N) is 3. The summed E-state index contributed by atoms with van der Waals surface area (Å²) in [6.07, 6.45) is -1.70. The molecule has 3 rings (SSSR count). The standard InChI is InChI=1S/C22H25F3N6O3/c1-3-18(33)28-16-7-6-13(2)9-17(16)29-20-15(22(23,24)25)10-26-21(30-20)27-14-5-4-8-31(11-14)19(34)12-32/h3,6-7,9-10,14,32H,1,4-5,8,11-12H2,2H3,(H,28,33)(H2,26,27,29,30)/t14-/m0/s1. The number of anilines is 4. The number of amides is 2. The normalized spacial score (nSPS) is 16.0. The summed E-state index contributed by atoms with van der Waals surface area (Å²) >= 11 is 0. The van der Waals surface area contributed by atoms with Crippen LogP contribution in [-0.4, -0.2) is 57.5 Å². The van der Waals surface area contributed by atoms with Gasteiger partial charge < -0.3 is 26.0 Å². The van der Waals surface area contributed by atoms with Crippen LogP contribution in [0.15, 0.2) is 37.1 Å². The minimum atomic E-state index is -4.73. The summed E-state index contributed by atoms with van der Waals surface area (Å²) in [4.78, 5) is 32.9. The van der Waals surface area contributed by atoms with Crippen LogP contribution >= 0.6 is 0 Å². The van der Waals surface area contributed by atoms with E-state index in [1.165, 1.54) is 4.90 Å². The molecule has 182 valence electrons. The van der Waals surface area contributed by atoms with Crippen LogP contribution in [0.1, 0.15) is 24.0 Å². The van der Waals surface area contributed by atoms with Crippen LogP contribution in [0.5, 0.6) is 0 Å². The Labute approximate surface area is 194 Å². The van der Waals surface area contributed by atoms with Crippen molar-refractivity contribution in [1.82, 2.24) is 14.9 Å². The number of piperidine rings is 1. The van der Waals surface area contributed by atoms with Crippen LogP contribution < -0.4 is 16.0 Å². The van der Waals surface area contributed by atoms with E-state index in [-0.39, 0.29) is 29.9 Å². The van der Waals surface area contributed by atoms with Crippen LogP contribution in [-0.2, 0) is 15.8 Å². The zero-order chi connectivity index (χ0) is 24.9. The van der Waals surface area contributed by atoms with Gasteiger partial charge in [0.15, 0.2) is 0 Å². The predicted molar refractivity (Wildman–Crippen MR) is 121 cm³/mol. The highest BCUT2D eigenvalue weighted by atomic mass is 19.4. The predicted octanol–water partition coefficient (Wildman–Crippen LogP) is 3.07. The third-order valence-electron chi connectivity index (χ3n) is 5.21. The van der Waals surface area contributed by atoms with Gasteiger partial charge in [0.05, 0.1) is 11.4 Å². The van der Waals surface area contributed by atoms with Crippen molar-refractivity contribution in [2.45, 2.75) is 32.0 Å². The van der Waals surface area contributed by atoms with Gasteiger partial charge in [-0.25, -0.2) is 4.98 Å². The molecule has 2 amide bonds. The lowest BCUT2D eigenvalue weighted by Crippen LogP contribution is -2.46. The molecule has 12 heteroatoms. The first kappa shape index (κ1) is 25.0. The van der Waals surface area contributed by atoms with Crippen molar-refractivity contribution in [3.63, 3.8) is 0 Å². The maximum atomic E-state index is 13.7. The number of benzene rings is 1. The van der Waals surface area contributed by atoms with Gasteiger partial charge in [-0.1, -0.05) is 12.6 Å². The average Bonchev–Trinajstić information content (AvgIpc) is 2.79. The Kier molecular flexibility index (Phi) is 7.72. The smallest absolute Gasteiger partial charge is 0.387 e. The Morgan fingerprint density at radius 3 is 2.76 bits per heavy atom. The number of carbonyl (C=O) groups excluding carboxylic acids is 2. The van der Waals surface area contributed by atoms with Crippen LogP contribution in [0, 0.1) is 6.92 Å². The third kappa shape index (κ3) is 6.22. The molecule has 1 saturated heterocycles. The van der Waals surface area contributed by atoms with Crippen molar-refractivity contribution in [2.24, 2.45) is 0 Å². The molecular formula is C22H25F3N6O3. The second kappa shape index (κ2) is 10.5. The van der Waals surface area contributed by atoms with Gasteiger partial charge in [-0.15, -0.1) is 0 Å². The second-order valence-electron chi connectivity index (χ2n) is 7.80. The molecule has 0 radical (unpaired) electrons. The van der Waals surface area contributed by atoms with Gasteiger partial charge in [-0.3, -0.25) is 9.59 Å². The maximum absolute atomic E-state index is 13.7. The number of aliphatic hydroxyl groups excluding tert-OH is 1. The molecule has 0 spiro atoms. The fourth-order valence-electron chi connectivity index (χ4n) is 3.54. The van der Waals surface area contributed by atoms with Crippen molar-refractivity contribution < 1.29 is 27.9 Å². The van der Waals surface area contributed by atoms with Crippen LogP contribution in [0.25, 0.3) is 0 Å². The first-order valence-corrected chi connectivity index (χ1v) is 10.5. The molecule has 1 aromatic carbocycles. The molecule has 1 fully saturated rings. The van der Waals surface area contributed by atoms with Crippen LogP contribution in [0.4, 0.5) is 36.3 Å². The van der Waals surface area contributed by atoms with Gasteiger partial charge in [0.1, 0.15) is 18.0 Å². The maximum Gasteiger partial charge on any atom is 0.421 e. The monoisotopic (exact) mass is 478 g/mol. The number of nitrogens with zero attached hydrogens (tertiary/aromatic N) is 3. The molecular weight excluding hydrogens is 453 g/mol. The van der Waals surface area contributed by atoms with E-state index in [1.807, 2.05) is 0 Å². The second-order valence-corrected chi connectivity index (χ2v) is 7.80. The molecule has 1 aromatic heterocycles. The molecule has 2 aromatic rings. The molecule has 0 aliphatic carbocycles. The summed E-state index contributed by atoms with van der Waals surface area (Å²) < 4.78 is 41.0. The summed E-state index contributed by atoms with van der Waals surface area (Å²) in [6.45, 7) is 5.27. The first-order chi connectivity index (χ1) is 16.1. The Hall–Kier alpha value is -3.67. The van der Waals surface area contributed by atoms with Crippen LogP contribution in [0.2, 0.25) is 0 Å². The molecule has 34 heavy (non-hydrogen) atoms. The molecule has 1 aliphatic heterocycles. The van der Waals surface area contributed by atoms with E-state index >= 15 is 0 Å². The fraction of sp³-hybridized carbons (Fsp3) is 0.364. The minimum Gasteiger partial charge on any atom is -0.387 e. The van der Waals surface area contributed by atoms with Crippen molar-refractivity contribution in [3.8, 4) is 0 Å². The largest absolute Gasteiger partial charge is 0.421 e. The van der Waals surface area contributed by atoms with E-state index in [2.05, 4.69) is 32.5 Å². The third-order valence-corrected chi connectivity index (χ3v) is 5.21. The highest BCUT2D eigenvalue weighted by molar-refractivity contribution is 6.01. The van der Waals surface area contributed by atoms with Gasteiger partial charge in [-0.2, -0.15) is 18.2 Å². The van der Waals surface area contributed by atoms with Crippen LogP contribution in [0.3, 0.4) is 0 Å². The highest BCUT2D eigenvalue weighted by Gasteiger charge is 2.36. The number of carbonyl (C=O) groups is 2. The number of aryl methyl sites for hydroxylation is 1. The van der Waals surface area contributed by atoms with Crippen molar-refractivity contribution in [2.75, 3.05) is 35.6 Å². The first-order valence-electron chi connectivity index (χ1n) is 10.5. The SMILES string of the molecule is C=CC(=O)Nc1ccc(C)cc1Nc1nc(N[C@H]2CCCN(C(=O)CO)C2)ncc1C(F)(F)F. The van der Waals surface area contributed by atoms with Crippen molar-refractivity contribution in [3.05, 3.63) is 48.2 Å². The number of aromatic nitrogens is 2. The van der Waals surface area contributed by atoms with Crippen molar-refractivity contribution in [1.29, 1.82) is 0 Å². The van der Waals surface area contributed by atoms with Gasteiger partial charge in [0.25, 0.3) is 0 Å². The van der Waals surface area contributed by atoms with Crippen molar-refractivity contribution >= 4 is 35.0 Å². The number of likely N-dealkylation sites (tertiary alicyclic amines) is 1.